The fourth-order valence-corrected chi connectivity index (χ4v) is 1.81. The van der Waals surface area contributed by atoms with E-state index in [1.54, 1.807) is 13.2 Å². The Balaban J connectivity index is 2.45. The van der Waals surface area contributed by atoms with E-state index in [1.165, 1.54) is 0 Å². The standard InChI is InChI=1S/C10H9BrN2O2/c1-14-6-2-3-7(8(11)4-6)9-5-10(12)15-13-9/h2-5H,12H2,1H3. The number of hydrogen-bond donors (Lipinski definition) is 1. The van der Waals surface area contributed by atoms with Gasteiger partial charge in [-0.25, -0.2) is 0 Å². The minimum absolute atomic E-state index is 0.299. The SMILES string of the molecule is COc1ccc(-c2cc(N)on2)c(Br)c1. The van der Waals surface area contributed by atoms with Gasteiger partial charge in [-0.3, -0.25) is 0 Å². The van der Waals surface area contributed by atoms with Crippen LogP contribution in [0.4, 0.5) is 5.88 Å². The van der Waals surface area contributed by atoms with Crippen molar-refractivity contribution in [1.82, 2.24) is 5.16 Å². The molecule has 0 atom stereocenters. The highest BCUT2D eigenvalue weighted by molar-refractivity contribution is 9.10. The fraction of sp³-hybridized carbons (Fsp3) is 0.100. The molecule has 2 aromatic rings. The van der Waals surface area contributed by atoms with Crippen LogP contribution in [0.2, 0.25) is 0 Å². The van der Waals surface area contributed by atoms with Gasteiger partial charge in [0.05, 0.1) is 7.11 Å². The summed E-state index contributed by atoms with van der Waals surface area (Å²) in [5, 5.41) is 3.83. The molecule has 0 aliphatic carbocycles. The number of aromatic nitrogens is 1. The number of rotatable bonds is 2. The number of nitrogens with zero attached hydrogens (tertiary/aromatic N) is 1. The van der Waals surface area contributed by atoms with Crippen LogP contribution in [0.1, 0.15) is 0 Å². The maximum absolute atomic E-state index is 5.45. The summed E-state index contributed by atoms with van der Waals surface area (Å²) >= 11 is 3.43. The summed E-state index contributed by atoms with van der Waals surface area (Å²) in [4.78, 5) is 0. The van der Waals surface area contributed by atoms with Crippen molar-refractivity contribution in [3.05, 3.63) is 28.7 Å². The lowest BCUT2D eigenvalue weighted by Crippen LogP contribution is -1.84. The second-order valence-electron chi connectivity index (χ2n) is 2.96. The van der Waals surface area contributed by atoms with Crippen molar-refractivity contribution in [2.75, 3.05) is 12.8 Å². The normalized spacial score (nSPS) is 10.3. The summed E-state index contributed by atoms with van der Waals surface area (Å²) in [5.74, 6) is 1.08. The Bertz CT molecular complexity index is 482. The average molecular weight is 269 g/mol. The summed E-state index contributed by atoms with van der Waals surface area (Å²) in [6, 6.07) is 7.28. The van der Waals surface area contributed by atoms with Crippen molar-refractivity contribution in [2.45, 2.75) is 0 Å². The average Bonchev–Trinajstić information content (AvgIpc) is 2.64. The second-order valence-corrected chi connectivity index (χ2v) is 3.81. The lowest BCUT2D eigenvalue weighted by Gasteiger charge is -2.03. The zero-order valence-corrected chi connectivity index (χ0v) is 9.61. The van der Waals surface area contributed by atoms with Crippen molar-refractivity contribution in [1.29, 1.82) is 0 Å². The van der Waals surface area contributed by atoms with E-state index in [0.29, 0.717) is 11.6 Å². The van der Waals surface area contributed by atoms with Gasteiger partial charge in [0, 0.05) is 16.1 Å². The Kier molecular flexibility index (Phi) is 2.64. The minimum Gasteiger partial charge on any atom is -0.497 e. The van der Waals surface area contributed by atoms with E-state index in [4.69, 9.17) is 15.0 Å². The van der Waals surface area contributed by atoms with Crippen molar-refractivity contribution < 1.29 is 9.26 Å². The van der Waals surface area contributed by atoms with Crippen LogP contribution in [0.15, 0.2) is 33.3 Å². The van der Waals surface area contributed by atoms with E-state index in [9.17, 15) is 0 Å². The summed E-state index contributed by atoms with van der Waals surface area (Å²) in [6.45, 7) is 0. The molecule has 0 amide bonds. The van der Waals surface area contributed by atoms with Gasteiger partial charge in [0.2, 0.25) is 5.88 Å². The Morgan fingerprint density at radius 1 is 1.40 bits per heavy atom. The lowest BCUT2D eigenvalue weighted by atomic mass is 10.1. The predicted molar refractivity (Wildman–Crippen MR) is 60.6 cm³/mol. The number of hydrogen-bond acceptors (Lipinski definition) is 4. The number of nitrogens with two attached hydrogens (primary N) is 1. The largest absolute Gasteiger partial charge is 0.497 e. The van der Waals surface area contributed by atoms with Crippen molar-refractivity contribution >= 4 is 21.8 Å². The number of halogens is 1. The first-order chi connectivity index (χ1) is 7.20. The van der Waals surface area contributed by atoms with Crippen LogP contribution in [0.3, 0.4) is 0 Å². The molecule has 1 heterocycles. The molecule has 0 unspecified atom stereocenters. The molecule has 0 aliphatic rings. The van der Waals surface area contributed by atoms with Gasteiger partial charge in [0.25, 0.3) is 0 Å². The van der Waals surface area contributed by atoms with Crippen LogP contribution in [-0.2, 0) is 0 Å². The highest BCUT2D eigenvalue weighted by Crippen LogP contribution is 2.31. The van der Waals surface area contributed by atoms with Gasteiger partial charge in [-0.1, -0.05) is 5.16 Å². The molecule has 0 fully saturated rings. The molecule has 4 nitrogen and oxygen atoms in total. The Labute approximate surface area is 95.1 Å². The number of nitrogen functional groups attached to an aromatic ring is 1. The predicted octanol–water partition coefficient (Wildman–Crippen LogP) is 2.69. The van der Waals surface area contributed by atoms with Crippen LogP contribution in [-0.4, -0.2) is 12.3 Å². The second kappa shape index (κ2) is 3.94. The van der Waals surface area contributed by atoms with Crippen LogP contribution >= 0.6 is 15.9 Å². The quantitative estimate of drug-likeness (QED) is 0.910. The van der Waals surface area contributed by atoms with Gasteiger partial charge in [0.15, 0.2) is 0 Å². The van der Waals surface area contributed by atoms with Crippen LogP contribution in [0.25, 0.3) is 11.3 Å². The van der Waals surface area contributed by atoms with Crippen LogP contribution < -0.4 is 10.5 Å². The number of methoxy groups -OCH3 is 1. The molecule has 0 saturated heterocycles. The van der Waals surface area contributed by atoms with Crippen LogP contribution in [0, 0.1) is 0 Å². The molecule has 0 bridgehead atoms. The fourth-order valence-electron chi connectivity index (χ4n) is 1.25. The Hall–Kier alpha value is -1.49. The van der Waals surface area contributed by atoms with Crippen LogP contribution in [0.5, 0.6) is 5.75 Å². The monoisotopic (exact) mass is 268 g/mol. The molecule has 5 heteroatoms. The Morgan fingerprint density at radius 2 is 2.20 bits per heavy atom. The Morgan fingerprint density at radius 3 is 2.73 bits per heavy atom. The van der Waals surface area contributed by atoms with Crippen molar-refractivity contribution in [2.24, 2.45) is 0 Å². The lowest BCUT2D eigenvalue weighted by molar-refractivity contribution is 0.414. The zero-order chi connectivity index (χ0) is 10.8. The van der Waals surface area contributed by atoms with E-state index < -0.39 is 0 Å². The van der Waals surface area contributed by atoms with E-state index in [-0.39, 0.29) is 0 Å². The highest BCUT2D eigenvalue weighted by Gasteiger charge is 2.08. The summed E-state index contributed by atoms with van der Waals surface area (Å²) in [7, 11) is 1.62. The minimum atomic E-state index is 0.299. The molecular weight excluding hydrogens is 260 g/mol. The van der Waals surface area contributed by atoms with Gasteiger partial charge >= 0.3 is 0 Å². The molecule has 2 N–H and O–H groups in total. The van der Waals surface area contributed by atoms with Gasteiger partial charge in [0.1, 0.15) is 11.4 Å². The molecule has 0 aliphatic heterocycles. The molecule has 0 radical (unpaired) electrons. The van der Waals surface area contributed by atoms with Gasteiger partial charge in [-0.15, -0.1) is 0 Å². The van der Waals surface area contributed by atoms with Gasteiger partial charge in [-0.05, 0) is 34.1 Å². The third-order valence-electron chi connectivity index (χ3n) is 1.98. The molecule has 78 valence electrons. The highest BCUT2D eigenvalue weighted by atomic mass is 79.9. The molecule has 0 saturated carbocycles. The number of anilines is 1. The van der Waals surface area contributed by atoms with E-state index in [2.05, 4.69) is 21.1 Å². The summed E-state index contributed by atoms with van der Waals surface area (Å²) in [6.07, 6.45) is 0. The first kappa shape index (κ1) is 10.0. The van der Waals surface area contributed by atoms with E-state index in [1.807, 2.05) is 18.2 Å². The number of ether oxygens (including phenoxy) is 1. The van der Waals surface area contributed by atoms with Gasteiger partial charge < -0.3 is 15.0 Å². The third-order valence-corrected chi connectivity index (χ3v) is 2.64. The molecule has 1 aromatic heterocycles. The topological polar surface area (TPSA) is 61.3 Å². The summed E-state index contributed by atoms with van der Waals surface area (Å²) in [5.41, 5.74) is 7.06. The van der Waals surface area contributed by atoms with E-state index >= 15 is 0 Å². The van der Waals surface area contributed by atoms with Gasteiger partial charge in [-0.2, -0.15) is 0 Å². The molecule has 2 rings (SSSR count). The molecule has 1 aromatic carbocycles. The summed E-state index contributed by atoms with van der Waals surface area (Å²) < 4.78 is 10.8. The number of benzene rings is 1. The first-order valence-electron chi connectivity index (χ1n) is 4.27. The first-order valence-corrected chi connectivity index (χ1v) is 5.06. The van der Waals surface area contributed by atoms with Crippen molar-refractivity contribution in [3.8, 4) is 17.0 Å². The maximum Gasteiger partial charge on any atom is 0.222 e. The van der Waals surface area contributed by atoms with E-state index in [0.717, 1.165) is 15.8 Å². The zero-order valence-electron chi connectivity index (χ0n) is 8.03. The van der Waals surface area contributed by atoms with Crippen molar-refractivity contribution in [3.63, 3.8) is 0 Å². The maximum atomic E-state index is 5.45. The molecule has 15 heavy (non-hydrogen) atoms. The third kappa shape index (κ3) is 1.97. The molecular formula is C10H9BrN2O2. The molecule has 0 spiro atoms. The smallest absolute Gasteiger partial charge is 0.222 e.